The first-order valence-electron chi connectivity index (χ1n) is 9.36. The van der Waals surface area contributed by atoms with Gasteiger partial charge < -0.3 is 15.5 Å². The molecule has 146 valence electrons. The fourth-order valence-electron chi connectivity index (χ4n) is 3.42. The summed E-state index contributed by atoms with van der Waals surface area (Å²) in [5, 5.41) is 15.1. The van der Waals surface area contributed by atoms with Crippen LogP contribution in [0.25, 0.3) is 5.65 Å². The van der Waals surface area contributed by atoms with Crippen molar-refractivity contribution in [3.63, 3.8) is 0 Å². The van der Waals surface area contributed by atoms with Crippen molar-refractivity contribution in [3.05, 3.63) is 54.4 Å². The molecule has 1 unspecified atom stereocenters. The van der Waals surface area contributed by atoms with Gasteiger partial charge in [-0.05, 0) is 30.7 Å². The number of aliphatic imine (C=N–C) groups is 1. The minimum absolute atomic E-state index is 0.182. The minimum Gasteiger partial charge on any atom is -0.356 e. The number of halogens is 1. The van der Waals surface area contributed by atoms with Gasteiger partial charge in [0.2, 0.25) is 0 Å². The number of hydrogen-bond acceptors (Lipinski definition) is 5. The van der Waals surface area contributed by atoms with Crippen molar-refractivity contribution in [2.45, 2.75) is 18.9 Å². The number of fused-ring (bicyclic) bond motifs is 1. The van der Waals surface area contributed by atoms with Crippen LogP contribution in [-0.4, -0.2) is 58.3 Å². The van der Waals surface area contributed by atoms with Crippen LogP contribution < -0.4 is 15.5 Å². The lowest BCUT2D eigenvalue weighted by Gasteiger charge is -2.19. The smallest absolute Gasteiger partial charge is 0.191 e. The van der Waals surface area contributed by atoms with Gasteiger partial charge in [-0.15, -0.1) is 10.2 Å². The Bertz CT molecular complexity index is 969. The molecular formula is C19H23FN8. The molecule has 0 aromatic carbocycles. The zero-order valence-corrected chi connectivity index (χ0v) is 15.7. The summed E-state index contributed by atoms with van der Waals surface area (Å²) in [4.78, 5) is 10.4. The van der Waals surface area contributed by atoms with Crippen LogP contribution in [0.3, 0.4) is 0 Å². The molecule has 1 saturated heterocycles. The van der Waals surface area contributed by atoms with Gasteiger partial charge in [0.15, 0.2) is 23.2 Å². The average molecular weight is 382 g/mol. The molecule has 0 amide bonds. The lowest BCUT2D eigenvalue weighted by atomic mass is 10.3. The normalized spacial score (nSPS) is 17.3. The predicted octanol–water partition coefficient (Wildman–Crippen LogP) is 1.25. The Balaban J connectivity index is 1.29. The molecule has 0 radical (unpaired) electrons. The number of nitrogens with zero attached hydrogens (tertiary/aromatic N) is 6. The van der Waals surface area contributed by atoms with Crippen molar-refractivity contribution in [3.8, 4) is 0 Å². The lowest BCUT2D eigenvalue weighted by molar-refractivity contribution is 0.612. The summed E-state index contributed by atoms with van der Waals surface area (Å²) >= 11 is 0. The molecule has 0 aliphatic carbocycles. The quantitative estimate of drug-likeness (QED) is 0.511. The molecule has 1 fully saturated rings. The summed E-state index contributed by atoms with van der Waals surface area (Å²) in [6, 6.07) is 9.07. The maximum absolute atomic E-state index is 13.9. The molecule has 8 nitrogen and oxygen atoms in total. The summed E-state index contributed by atoms with van der Waals surface area (Å²) in [5.41, 5.74) is 0.841. The third kappa shape index (κ3) is 3.88. The number of pyridine rings is 2. The molecule has 9 heteroatoms. The van der Waals surface area contributed by atoms with Crippen molar-refractivity contribution < 1.29 is 4.39 Å². The van der Waals surface area contributed by atoms with Crippen molar-refractivity contribution in [1.29, 1.82) is 0 Å². The molecule has 0 saturated carbocycles. The SMILES string of the molecule is CN=C(NCCc1nnc2ccccn12)NC1CCN(c2ncccc2F)C1. The second-order valence-electron chi connectivity index (χ2n) is 6.68. The fourth-order valence-corrected chi connectivity index (χ4v) is 3.42. The third-order valence-corrected chi connectivity index (χ3v) is 4.82. The molecule has 1 aliphatic heterocycles. The second-order valence-corrected chi connectivity index (χ2v) is 6.68. The molecule has 3 aromatic rings. The van der Waals surface area contributed by atoms with E-state index < -0.39 is 0 Å². The van der Waals surface area contributed by atoms with E-state index in [1.165, 1.54) is 6.07 Å². The monoisotopic (exact) mass is 382 g/mol. The Morgan fingerprint density at radius 3 is 3.07 bits per heavy atom. The zero-order chi connectivity index (χ0) is 19.3. The molecule has 2 N–H and O–H groups in total. The van der Waals surface area contributed by atoms with Crippen LogP contribution in [0.4, 0.5) is 10.2 Å². The second kappa shape index (κ2) is 8.20. The van der Waals surface area contributed by atoms with Gasteiger partial charge in [-0.2, -0.15) is 0 Å². The standard InChI is InChI=1S/C19H23FN8/c1-21-19(23-10-7-17-26-25-16-6-2-3-11-28(16)17)24-14-8-12-27(13-14)18-15(20)5-4-9-22-18/h2-6,9,11,14H,7-8,10,12-13H2,1H3,(H2,21,23,24). The first-order valence-corrected chi connectivity index (χ1v) is 9.36. The first kappa shape index (κ1) is 18.1. The molecular weight excluding hydrogens is 359 g/mol. The summed E-state index contributed by atoms with van der Waals surface area (Å²) in [6.45, 7) is 2.12. The van der Waals surface area contributed by atoms with Gasteiger partial charge in [0.25, 0.3) is 0 Å². The Labute approximate surface area is 162 Å². The highest BCUT2D eigenvalue weighted by Gasteiger charge is 2.25. The number of guanidine groups is 1. The summed E-state index contributed by atoms with van der Waals surface area (Å²) in [6.07, 6.45) is 5.20. The predicted molar refractivity (Wildman–Crippen MR) is 106 cm³/mol. The highest BCUT2D eigenvalue weighted by molar-refractivity contribution is 5.80. The highest BCUT2D eigenvalue weighted by Crippen LogP contribution is 2.20. The van der Waals surface area contributed by atoms with Crippen LogP contribution in [0.2, 0.25) is 0 Å². The maximum Gasteiger partial charge on any atom is 0.191 e. The van der Waals surface area contributed by atoms with Crippen LogP contribution in [0, 0.1) is 5.82 Å². The van der Waals surface area contributed by atoms with Gasteiger partial charge >= 0.3 is 0 Å². The fraction of sp³-hybridized carbons (Fsp3) is 0.368. The van der Waals surface area contributed by atoms with Crippen molar-refractivity contribution in [2.75, 3.05) is 31.6 Å². The summed E-state index contributed by atoms with van der Waals surface area (Å²) in [7, 11) is 1.74. The van der Waals surface area contributed by atoms with Gasteiger partial charge in [-0.1, -0.05) is 6.07 Å². The Hall–Kier alpha value is -3.23. The zero-order valence-electron chi connectivity index (χ0n) is 15.7. The van der Waals surface area contributed by atoms with Crippen LogP contribution >= 0.6 is 0 Å². The number of rotatable bonds is 5. The molecule has 28 heavy (non-hydrogen) atoms. The van der Waals surface area contributed by atoms with Gasteiger partial charge in [0.1, 0.15) is 5.82 Å². The van der Waals surface area contributed by atoms with Gasteiger partial charge in [0.05, 0.1) is 0 Å². The van der Waals surface area contributed by atoms with E-state index in [1.54, 1.807) is 19.3 Å². The van der Waals surface area contributed by atoms with Crippen molar-refractivity contribution in [2.24, 2.45) is 4.99 Å². The van der Waals surface area contributed by atoms with Gasteiger partial charge in [0, 0.05) is 51.5 Å². The third-order valence-electron chi connectivity index (χ3n) is 4.82. The molecule has 4 rings (SSSR count). The van der Waals surface area contributed by atoms with Crippen LogP contribution in [0.1, 0.15) is 12.2 Å². The molecule has 0 bridgehead atoms. The largest absolute Gasteiger partial charge is 0.356 e. The Morgan fingerprint density at radius 1 is 1.29 bits per heavy atom. The summed E-state index contributed by atoms with van der Waals surface area (Å²) in [5.74, 6) is 1.75. The van der Waals surface area contributed by atoms with Gasteiger partial charge in [-0.25, -0.2) is 9.37 Å². The molecule has 1 aliphatic rings. The van der Waals surface area contributed by atoms with E-state index in [-0.39, 0.29) is 11.9 Å². The van der Waals surface area contributed by atoms with E-state index in [0.717, 1.165) is 36.8 Å². The number of anilines is 1. The maximum atomic E-state index is 13.9. The first-order chi connectivity index (χ1) is 13.7. The molecule has 4 heterocycles. The molecule has 0 spiro atoms. The number of aromatic nitrogens is 4. The van der Waals surface area contributed by atoms with Gasteiger partial charge in [-0.3, -0.25) is 9.39 Å². The highest BCUT2D eigenvalue weighted by atomic mass is 19.1. The van der Waals surface area contributed by atoms with Crippen LogP contribution in [0.5, 0.6) is 0 Å². The molecule has 1 atom stereocenters. The Kier molecular flexibility index (Phi) is 5.31. The van der Waals surface area contributed by atoms with Crippen molar-refractivity contribution in [1.82, 2.24) is 30.2 Å². The Morgan fingerprint density at radius 2 is 2.21 bits per heavy atom. The van der Waals surface area contributed by atoms with E-state index in [1.807, 2.05) is 33.7 Å². The minimum atomic E-state index is -0.286. The summed E-state index contributed by atoms with van der Waals surface area (Å²) < 4.78 is 15.9. The number of nitrogens with one attached hydrogen (secondary N) is 2. The van der Waals surface area contributed by atoms with E-state index in [0.29, 0.717) is 18.9 Å². The number of hydrogen-bond donors (Lipinski definition) is 2. The van der Waals surface area contributed by atoms with E-state index in [2.05, 4.69) is 30.8 Å². The van der Waals surface area contributed by atoms with Crippen molar-refractivity contribution >= 4 is 17.4 Å². The van der Waals surface area contributed by atoms with Crippen LogP contribution in [-0.2, 0) is 6.42 Å². The van der Waals surface area contributed by atoms with E-state index >= 15 is 0 Å². The van der Waals surface area contributed by atoms with E-state index in [9.17, 15) is 4.39 Å². The van der Waals surface area contributed by atoms with E-state index in [4.69, 9.17) is 0 Å². The van der Waals surface area contributed by atoms with Crippen LogP contribution in [0.15, 0.2) is 47.7 Å². The average Bonchev–Trinajstić information content (AvgIpc) is 3.35. The molecule has 3 aromatic heterocycles. The lowest BCUT2D eigenvalue weighted by Crippen LogP contribution is -2.45. The topological polar surface area (TPSA) is 82.7 Å².